The van der Waals surface area contributed by atoms with Crippen LogP contribution in [0, 0.1) is 5.92 Å². The van der Waals surface area contributed by atoms with Crippen LogP contribution in [0.25, 0.3) is 0 Å². The maximum Gasteiger partial charge on any atom is 0.327 e. The first-order chi connectivity index (χ1) is 7.90. The second-order valence-corrected chi connectivity index (χ2v) is 4.53. The topological polar surface area (TPSA) is 86.7 Å². The third kappa shape index (κ3) is 2.57. The minimum absolute atomic E-state index is 0.317. The molecule has 6 heteroatoms. The Bertz CT molecular complexity index is 340. The first kappa shape index (κ1) is 13.5. The second kappa shape index (κ2) is 5.16. The summed E-state index contributed by atoms with van der Waals surface area (Å²) in [5.74, 6) is -1.90. The highest BCUT2D eigenvalue weighted by atomic mass is 16.4. The average Bonchev–Trinajstić information content (AvgIpc) is 2.46. The molecule has 1 aliphatic rings. The lowest BCUT2D eigenvalue weighted by Gasteiger charge is -2.24. The Kier molecular flexibility index (Phi) is 4.09. The standard InChI is InChI=1S/C11H18N2O4/c1-4-5-7-9(14)13(11(17)12-7)8(6(2)3)10(15)16/h6-8H,4-5H2,1-3H3,(H,12,17)(H,15,16). The molecule has 1 fully saturated rings. The van der Waals surface area contributed by atoms with Gasteiger partial charge in [0.2, 0.25) is 0 Å². The molecule has 2 N–H and O–H groups in total. The van der Waals surface area contributed by atoms with Crippen molar-refractivity contribution in [3.05, 3.63) is 0 Å². The Hall–Kier alpha value is -1.59. The molecule has 0 aromatic carbocycles. The number of hydrogen-bond acceptors (Lipinski definition) is 3. The van der Waals surface area contributed by atoms with Gasteiger partial charge in [0.25, 0.3) is 5.91 Å². The Morgan fingerprint density at radius 1 is 1.47 bits per heavy atom. The Balaban J connectivity index is 2.93. The van der Waals surface area contributed by atoms with Crippen LogP contribution >= 0.6 is 0 Å². The van der Waals surface area contributed by atoms with Crippen LogP contribution in [0.5, 0.6) is 0 Å². The fourth-order valence-electron chi connectivity index (χ4n) is 1.99. The van der Waals surface area contributed by atoms with Crippen LogP contribution in [0.3, 0.4) is 0 Å². The van der Waals surface area contributed by atoms with Gasteiger partial charge in [0.05, 0.1) is 0 Å². The summed E-state index contributed by atoms with van der Waals surface area (Å²) in [5, 5.41) is 11.6. The highest BCUT2D eigenvalue weighted by molar-refractivity contribution is 6.06. The molecule has 1 rings (SSSR count). The van der Waals surface area contributed by atoms with Crippen molar-refractivity contribution in [3.8, 4) is 0 Å². The molecular weight excluding hydrogens is 224 g/mol. The second-order valence-electron chi connectivity index (χ2n) is 4.53. The Morgan fingerprint density at radius 2 is 2.06 bits per heavy atom. The summed E-state index contributed by atoms with van der Waals surface area (Å²) in [6.07, 6.45) is 1.29. The van der Waals surface area contributed by atoms with Crippen LogP contribution in [0.2, 0.25) is 0 Å². The first-order valence-corrected chi connectivity index (χ1v) is 5.76. The molecule has 0 aliphatic carbocycles. The summed E-state index contributed by atoms with van der Waals surface area (Å²) in [7, 11) is 0. The molecule has 0 spiro atoms. The number of aliphatic carboxylic acids is 1. The number of hydrogen-bond donors (Lipinski definition) is 2. The smallest absolute Gasteiger partial charge is 0.327 e. The van der Waals surface area contributed by atoms with E-state index in [1.165, 1.54) is 0 Å². The van der Waals surface area contributed by atoms with Gasteiger partial charge in [-0.2, -0.15) is 0 Å². The number of carboxylic acid groups (broad SMARTS) is 1. The van der Waals surface area contributed by atoms with Gasteiger partial charge < -0.3 is 10.4 Å². The monoisotopic (exact) mass is 242 g/mol. The van der Waals surface area contributed by atoms with Gasteiger partial charge in [0, 0.05) is 0 Å². The van der Waals surface area contributed by atoms with Gasteiger partial charge in [-0.05, 0) is 12.3 Å². The third-order valence-electron chi connectivity index (χ3n) is 2.79. The van der Waals surface area contributed by atoms with Gasteiger partial charge in [-0.3, -0.25) is 4.79 Å². The summed E-state index contributed by atoms with van der Waals surface area (Å²) in [6, 6.07) is -2.27. The zero-order valence-electron chi connectivity index (χ0n) is 10.3. The fourth-order valence-corrected chi connectivity index (χ4v) is 1.99. The lowest BCUT2D eigenvalue weighted by Crippen LogP contribution is -2.48. The van der Waals surface area contributed by atoms with Crippen molar-refractivity contribution in [2.24, 2.45) is 5.92 Å². The fraction of sp³-hybridized carbons (Fsp3) is 0.727. The third-order valence-corrected chi connectivity index (χ3v) is 2.79. The minimum atomic E-state index is -1.15. The van der Waals surface area contributed by atoms with E-state index in [9.17, 15) is 14.4 Å². The van der Waals surface area contributed by atoms with Crippen molar-refractivity contribution >= 4 is 17.9 Å². The number of urea groups is 1. The Morgan fingerprint density at radius 3 is 2.47 bits per heavy atom. The number of carboxylic acids is 1. The van der Waals surface area contributed by atoms with E-state index in [1.54, 1.807) is 13.8 Å². The van der Waals surface area contributed by atoms with E-state index in [0.717, 1.165) is 11.3 Å². The predicted octanol–water partition coefficient (Wildman–Crippen LogP) is 0.816. The zero-order valence-corrected chi connectivity index (χ0v) is 10.3. The lowest BCUT2D eigenvalue weighted by atomic mass is 10.0. The van der Waals surface area contributed by atoms with Gasteiger partial charge in [-0.25, -0.2) is 14.5 Å². The SMILES string of the molecule is CCCC1NC(=O)N(C(C(=O)O)C(C)C)C1=O. The number of imide groups is 1. The van der Waals surface area contributed by atoms with E-state index in [4.69, 9.17) is 5.11 Å². The molecule has 1 saturated heterocycles. The van der Waals surface area contributed by atoms with E-state index in [-0.39, 0.29) is 5.92 Å². The number of nitrogens with one attached hydrogen (secondary N) is 1. The molecule has 0 bridgehead atoms. The van der Waals surface area contributed by atoms with Gasteiger partial charge in [-0.1, -0.05) is 27.2 Å². The molecule has 3 amide bonds. The summed E-state index contributed by atoms with van der Waals surface area (Å²) in [6.45, 7) is 5.25. The molecule has 0 aromatic heterocycles. The normalized spacial score (nSPS) is 21.9. The molecular formula is C11H18N2O4. The molecule has 1 aliphatic heterocycles. The van der Waals surface area contributed by atoms with Crippen LogP contribution in [0.4, 0.5) is 4.79 Å². The zero-order chi connectivity index (χ0) is 13.2. The van der Waals surface area contributed by atoms with Crippen LogP contribution < -0.4 is 5.32 Å². The number of carbonyl (C=O) groups is 3. The van der Waals surface area contributed by atoms with E-state index in [0.29, 0.717) is 6.42 Å². The minimum Gasteiger partial charge on any atom is -0.480 e. The molecule has 2 atom stereocenters. The lowest BCUT2D eigenvalue weighted by molar-refractivity contribution is -0.148. The summed E-state index contributed by atoms with van der Waals surface area (Å²) < 4.78 is 0. The summed E-state index contributed by atoms with van der Waals surface area (Å²) in [4.78, 5) is 35.5. The van der Waals surface area contributed by atoms with Crippen molar-refractivity contribution in [2.45, 2.75) is 45.7 Å². The van der Waals surface area contributed by atoms with Gasteiger partial charge in [0.1, 0.15) is 12.1 Å². The quantitative estimate of drug-likeness (QED) is 0.699. The average molecular weight is 242 g/mol. The van der Waals surface area contributed by atoms with Crippen LogP contribution in [0.1, 0.15) is 33.6 Å². The van der Waals surface area contributed by atoms with Gasteiger partial charge in [0.15, 0.2) is 0 Å². The molecule has 0 saturated carbocycles. The molecule has 6 nitrogen and oxygen atoms in total. The first-order valence-electron chi connectivity index (χ1n) is 5.76. The number of rotatable bonds is 5. The molecule has 2 unspecified atom stereocenters. The predicted molar refractivity (Wildman–Crippen MR) is 60.3 cm³/mol. The van der Waals surface area contributed by atoms with E-state index >= 15 is 0 Å². The van der Waals surface area contributed by atoms with Gasteiger partial charge >= 0.3 is 12.0 Å². The van der Waals surface area contributed by atoms with Crippen molar-refractivity contribution < 1.29 is 19.5 Å². The van der Waals surface area contributed by atoms with E-state index < -0.39 is 30.0 Å². The van der Waals surface area contributed by atoms with Crippen LogP contribution in [-0.4, -0.2) is 40.0 Å². The highest BCUT2D eigenvalue weighted by Crippen LogP contribution is 2.19. The molecule has 0 aromatic rings. The van der Waals surface area contributed by atoms with E-state index in [2.05, 4.69) is 5.32 Å². The van der Waals surface area contributed by atoms with Crippen LogP contribution in [-0.2, 0) is 9.59 Å². The largest absolute Gasteiger partial charge is 0.480 e. The van der Waals surface area contributed by atoms with Crippen LogP contribution in [0.15, 0.2) is 0 Å². The van der Waals surface area contributed by atoms with E-state index in [1.807, 2.05) is 6.92 Å². The summed E-state index contributed by atoms with van der Waals surface area (Å²) in [5.41, 5.74) is 0. The van der Waals surface area contributed by atoms with Gasteiger partial charge in [-0.15, -0.1) is 0 Å². The maximum absolute atomic E-state index is 11.9. The highest BCUT2D eigenvalue weighted by Gasteiger charge is 2.45. The molecule has 0 radical (unpaired) electrons. The van der Waals surface area contributed by atoms with Crippen molar-refractivity contribution in [1.29, 1.82) is 0 Å². The number of nitrogens with zero attached hydrogens (tertiary/aromatic N) is 1. The maximum atomic E-state index is 11.9. The molecule has 17 heavy (non-hydrogen) atoms. The molecule has 96 valence electrons. The van der Waals surface area contributed by atoms with Crippen molar-refractivity contribution in [3.63, 3.8) is 0 Å². The summed E-state index contributed by atoms with van der Waals surface area (Å²) >= 11 is 0. The van der Waals surface area contributed by atoms with Crippen molar-refractivity contribution in [2.75, 3.05) is 0 Å². The molecule has 1 heterocycles. The number of amides is 3. The Labute approximate surface area is 100.0 Å². The van der Waals surface area contributed by atoms with Crippen molar-refractivity contribution in [1.82, 2.24) is 10.2 Å². The number of carbonyl (C=O) groups excluding carboxylic acids is 2.